The maximum Gasteiger partial charge on any atom is 0.128 e. The standard InChI is InChI=1S/C8H12BrN3/c1-5-4-12-7(6(2)10-5)3-8(9)11-12/h3,5-6,10H,4H2,1-2H3/t5-,6?/m1/s1. The lowest BCUT2D eigenvalue weighted by atomic mass is 10.1. The minimum Gasteiger partial charge on any atom is -0.304 e. The van der Waals surface area contributed by atoms with Crippen LogP contribution in [0.1, 0.15) is 25.6 Å². The quantitative estimate of drug-likeness (QED) is 0.735. The molecule has 66 valence electrons. The van der Waals surface area contributed by atoms with Gasteiger partial charge in [0.2, 0.25) is 0 Å². The van der Waals surface area contributed by atoms with Crippen LogP contribution in [0.15, 0.2) is 10.7 Å². The Morgan fingerprint density at radius 3 is 3.17 bits per heavy atom. The van der Waals surface area contributed by atoms with Gasteiger partial charge in [-0.15, -0.1) is 0 Å². The second kappa shape index (κ2) is 2.85. The first-order valence-electron chi connectivity index (χ1n) is 4.16. The normalized spacial score (nSPS) is 28.6. The number of hydrogen-bond acceptors (Lipinski definition) is 2. The van der Waals surface area contributed by atoms with Crippen molar-refractivity contribution in [2.45, 2.75) is 32.5 Å². The predicted molar refractivity (Wildman–Crippen MR) is 50.9 cm³/mol. The van der Waals surface area contributed by atoms with Gasteiger partial charge in [0.1, 0.15) is 4.60 Å². The summed E-state index contributed by atoms with van der Waals surface area (Å²) in [5.41, 5.74) is 1.26. The fourth-order valence-corrected chi connectivity index (χ4v) is 2.14. The molecular formula is C8H12BrN3. The molecule has 0 aromatic carbocycles. The number of nitrogens with one attached hydrogen (secondary N) is 1. The molecule has 0 saturated heterocycles. The summed E-state index contributed by atoms with van der Waals surface area (Å²) in [5.74, 6) is 0. The molecule has 3 nitrogen and oxygen atoms in total. The van der Waals surface area contributed by atoms with Gasteiger partial charge in [0, 0.05) is 12.1 Å². The fraction of sp³-hybridized carbons (Fsp3) is 0.625. The van der Waals surface area contributed by atoms with Crippen molar-refractivity contribution in [2.24, 2.45) is 0 Å². The summed E-state index contributed by atoms with van der Waals surface area (Å²) in [6.45, 7) is 5.30. The summed E-state index contributed by atoms with van der Waals surface area (Å²) in [7, 11) is 0. The molecule has 2 heterocycles. The summed E-state index contributed by atoms with van der Waals surface area (Å²) >= 11 is 3.38. The zero-order valence-corrected chi connectivity index (χ0v) is 8.80. The smallest absolute Gasteiger partial charge is 0.128 e. The van der Waals surface area contributed by atoms with Crippen LogP contribution in [0.25, 0.3) is 0 Å². The van der Waals surface area contributed by atoms with Crippen molar-refractivity contribution in [3.8, 4) is 0 Å². The van der Waals surface area contributed by atoms with Gasteiger partial charge in [0.15, 0.2) is 0 Å². The first-order valence-corrected chi connectivity index (χ1v) is 4.95. The van der Waals surface area contributed by atoms with Gasteiger partial charge < -0.3 is 5.32 Å². The van der Waals surface area contributed by atoms with Crippen molar-refractivity contribution in [3.63, 3.8) is 0 Å². The monoisotopic (exact) mass is 229 g/mol. The van der Waals surface area contributed by atoms with E-state index in [1.165, 1.54) is 5.69 Å². The second-order valence-corrected chi connectivity index (χ2v) is 4.18. The summed E-state index contributed by atoms with van der Waals surface area (Å²) in [4.78, 5) is 0. The van der Waals surface area contributed by atoms with Crippen molar-refractivity contribution in [2.75, 3.05) is 0 Å². The van der Waals surface area contributed by atoms with Crippen LogP contribution in [0.4, 0.5) is 0 Å². The van der Waals surface area contributed by atoms with E-state index in [0.717, 1.165) is 11.1 Å². The number of halogens is 1. The number of hydrogen-bond donors (Lipinski definition) is 1. The highest BCUT2D eigenvalue weighted by Gasteiger charge is 2.21. The third-order valence-corrected chi connectivity index (χ3v) is 2.59. The minimum atomic E-state index is 0.410. The van der Waals surface area contributed by atoms with Crippen LogP contribution in [0.5, 0.6) is 0 Å². The van der Waals surface area contributed by atoms with Crippen LogP contribution in [0.3, 0.4) is 0 Å². The highest BCUT2D eigenvalue weighted by Crippen LogP contribution is 2.21. The van der Waals surface area contributed by atoms with E-state index in [4.69, 9.17) is 0 Å². The molecule has 0 radical (unpaired) electrons. The number of nitrogens with zero attached hydrogens (tertiary/aromatic N) is 2. The Morgan fingerprint density at radius 1 is 1.67 bits per heavy atom. The zero-order valence-electron chi connectivity index (χ0n) is 7.21. The maximum absolute atomic E-state index is 4.35. The van der Waals surface area contributed by atoms with Gasteiger partial charge in [-0.2, -0.15) is 5.10 Å². The lowest BCUT2D eigenvalue weighted by Crippen LogP contribution is -2.39. The molecule has 0 saturated carbocycles. The largest absolute Gasteiger partial charge is 0.304 e. The average Bonchev–Trinajstić information content (AvgIpc) is 2.29. The molecule has 1 aromatic rings. The summed E-state index contributed by atoms with van der Waals surface area (Å²) < 4.78 is 3.00. The van der Waals surface area contributed by atoms with Crippen molar-refractivity contribution < 1.29 is 0 Å². The molecular weight excluding hydrogens is 218 g/mol. The van der Waals surface area contributed by atoms with E-state index in [1.807, 2.05) is 0 Å². The molecule has 2 rings (SSSR count). The Morgan fingerprint density at radius 2 is 2.42 bits per heavy atom. The maximum atomic E-state index is 4.35. The van der Waals surface area contributed by atoms with Crippen molar-refractivity contribution >= 4 is 15.9 Å². The van der Waals surface area contributed by atoms with Gasteiger partial charge in [-0.25, -0.2) is 0 Å². The van der Waals surface area contributed by atoms with Crippen LogP contribution in [0, 0.1) is 0 Å². The van der Waals surface area contributed by atoms with Gasteiger partial charge in [-0.1, -0.05) is 0 Å². The minimum absolute atomic E-state index is 0.410. The first kappa shape index (κ1) is 8.26. The molecule has 2 atom stereocenters. The van der Waals surface area contributed by atoms with Gasteiger partial charge in [-0.05, 0) is 35.8 Å². The lowest BCUT2D eigenvalue weighted by molar-refractivity contribution is 0.344. The van der Waals surface area contributed by atoms with E-state index in [1.54, 1.807) is 0 Å². The zero-order chi connectivity index (χ0) is 8.72. The molecule has 4 heteroatoms. The Balaban J connectivity index is 2.40. The van der Waals surface area contributed by atoms with E-state index >= 15 is 0 Å². The van der Waals surface area contributed by atoms with Crippen LogP contribution >= 0.6 is 15.9 Å². The molecule has 0 fully saturated rings. The molecule has 0 aliphatic carbocycles. The van der Waals surface area contributed by atoms with Crippen molar-refractivity contribution in [1.29, 1.82) is 0 Å². The van der Waals surface area contributed by atoms with E-state index in [0.29, 0.717) is 12.1 Å². The predicted octanol–water partition coefficient (Wildman–Crippen LogP) is 1.70. The second-order valence-electron chi connectivity index (χ2n) is 3.36. The Labute approximate surface area is 80.3 Å². The fourth-order valence-electron chi connectivity index (χ4n) is 1.72. The molecule has 12 heavy (non-hydrogen) atoms. The molecule has 0 bridgehead atoms. The summed E-state index contributed by atoms with van der Waals surface area (Å²) in [6.07, 6.45) is 0. The van der Waals surface area contributed by atoms with Crippen LogP contribution in [0.2, 0.25) is 0 Å². The third-order valence-electron chi connectivity index (χ3n) is 2.21. The number of rotatable bonds is 0. The van der Waals surface area contributed by atoms with Gasteiger partial charge in [-0.3, -0.25) is 4.68 Å². The SMILES string of the molecule is CC1N[C@H](C)Cn2nc(Br)cc21. The first-order chi connectivity index (χ1) is 5.66. The Bertz CT molecular complexity index is 294. The van der Waals surface area contributed by atoms with Gasteiger partial charge >= 0.3 is 0 Å². The van der Waals surface area contributed by atoms with E-state index in [-0.39, 0.29) is 0 Å². The van der Waals surface area contributed by atoms with Crippen LogP contribution in [-0.2, 0) is 6.54 Å². The van der Waals surface area contributed by atoms with E-state index in [2.05, 4.69) is 50.9 Å². The topological polar surface area (TPSA) is 29.9 Å². The van der Waals surface area contributed by atoms with Crippen LogP contribution < -0.4 is 5.32 Å². The number of aromatic nitrogens is 2. The average molecular weight is 230 g/mol. The van der Waals surface area contributed by atoms with Crippen molar-refractivity contribution in [3.05, 3.63) is 16.4 Å². The Kier molecular flexibility index (Phi) is 1.96. The molecule has 1 unspecified atom stereocenters. The molecule has 1 N–H and O–H groups in total. The third kappa shape index (κ3) is 1.29. The lowest BCUT2D eigenvalue weighted by Gasteiger charge is -2.27. The highest BCUT2D eigenvalue weighted by molar-refractivity contribution is 9.10. The van der Waals surface area contributed by atoms with Gasteiger partial charge in [0.25, 0.3) is 0 Å². The molecule has 1 aromatic heterocycles. The summed E-state index contributed by atoms with van der Waals surface area (Å²) in [5, 5.41) is 7.81. The molecule has 0 spiro atoms. The van der Waals surface area contributed by atoms with Gasteiger partial charge in [0.05, 0.1) is 12.2 Å². The molecule has 0 amide bonds. The Hall–Kier alpha value is -0.350. The van der Waals surface area contributed by atoms with Crippen LogP contribution in [-0.4, -0.2) is 15.8 Å². The molecule has 1 aliphatic rings. The molecule has 1 aliphatic heterocycles. The van der Waals surface area contributed by atoms with E-state index < -0.39 is 0 Å². The highest BCUT2D eigenvalue weighted by atomic mass is 79.9. The van der Waals surface area contributed by atoms with Crippen molar-refractivity contribution in [1.82, 2.24) is 15.1 Å². The van der Waals surface area contributed by atoms with E-state index in [9.17, 15) is 0 Å². The summed E-state index contributed by atoms with van der Waals surface area (Å²) in [6, 6.07) is 3.00. The number of fused-ring (bicyclic) bond motifs is 1.